The maximum absolute atomic E-state index is 15.2. The minimum absolute atomic E-state index is 0.0451. The van der Waals surface area contributed by atoms with Crippen LogP contribution in [0.3, 0.4) is 0 Å². The predicted octanol–water partition coefficient (Wildman–Crippen LogP) is 6.19. The maximum Gasteiger partial charge on any atom is 0.407 e. The number of hydrogen-bond acceptors (Lipinski definition) is 5. The van der Waals surface area contributed by atoms with Crippen LogP contribution in [0.1, 0.15) is 80.6 Å². The second kappa shape index (κ2) is 11.1. The van der Waals surface area contributed by atoms with E-state index in [0.29, 0.717) is 30.4 Å². The highest BCUT2D eigenvalue weighted by Gasteiger charge is 2.31. The average Bonchev–Trinajstić information content (AvgIpc) is 3.44. The fourth-order valence-corrected chi connectivity index (χ4v) is 6.39. The van der Waals surface area contributed by atoms with Crippen LogP contribution in [0.2, 0.25) is 0 Å². The lowest BCUT2D eigenvalue weighted by atomic mass is 9.88. The average molecular weight is 530 g/mol. The number of thiophene rings is 1. The molecule has 2 aliphatic rings. The number of halogens is 1. The minimum Gasteiger partial charge on any atom is -0.444 e. The molecule has 2 aromatic rings. The van der Waals surface area contributed by atoms with Gasteiger partial charge < -0.3 is 19.9 Å². The summed E-state index contributed by atoms with van der Waals surface area (Å²) in [6, 6.07) is 7.92. The molecule has 1 aromatic heterocycles. The van der Waals surface area contributed by atoms with Gasteiger partial charge in [-0.25, -0.2) is 9.18 Å². The van der Waals surface area contributed by atoms with Gasteiger partial charge in [-0.2, -0.15) is 0 Å². The van der Waals surface area contributed by atoms with Crippen molar-refractivity contribution in [1.82, 2.24) is 15.1 Å². The smallest absolute Gasteiger partial charge is 0.407 e. The Morgan fingerprint density at radius 2 is 1.81 bits per heavy atom. The van der Waals surface area contributed by atoms with E-state index in [9.17, 15) is 9.59 Å². The first-order valence-electron chi connectivity index (χ1n) is 13.3. The van der Waals surface area contributed by atoms with Crippen LogP contribution >= 0.6 is 11.3 Å². The van der Waals surface area contributed by atoms with Crippen molar-refractivity contribution in [3.05, 3.63) is 46.1 Å². The molecule has 202 valence electrons. The van der Waals surface area contributed by atoms with Crippen molar-refractivity contribution in [2.45, 2.75) is 84.4 Å². The second-order valence-electron chi connectivity index (χ2n) is 11.6. The summed E-state index contributed by atoms with van der Waals surface area (Å²) in [4.78, 5) is 31.2. The van der Waals surface area contributed by atoms with Crippen molar-refractivity contribution >= 4 is 23.3 Å². The molecule has 2 aliphatic heterocycles. The van der Waals surface area contributed by atoms with E-state index in [4.69, 9.17) is 4.74 Å². The molecule has 0 radical (unpaired) electrons. The van der Waals surface area contributed by atoms with Gasteiger partial charge in [0.25, 0.3) is 5.91 Å². The van der Waals surface area contributed by atoms with Crippen molar-refractivity contribution in [2.75, 3.05) is 26.2 Å². The van der Waals surface area contributed by atoms with Crippen LogP contribution < -0.4 is 5.32 Å². The fraction of sp³-hybridized carbons (Fsp3) is 0.586. The molecule has 2 saturated heterocycles. The summed E-state index contributed by atoms with van der Waals surface area (Å²) in [7, 11) is 0. The maximum atomic E-state index is 15.2. The van der Waals surface area contributed by atoms with Gasteiger partial charge >= 0.3 is 6.09 Å². The molecule has 0 bridgehead atoms. The van der Waals surface area contributed by atoms with Crippen LogP contribution in [-0.2, 0) is 4.74 Å². The number of nitrogens with one attached hydrogen (secondary N) is 1. The van der Waals surface area contributed by atoms with E-state index in [2.05, 4.69) is 24.1 Å². The van der Waals surface area contributed by atoms with Crippen molar-refractivity contribution in [2.24, 2.45) is 0 Å². The second-order valence-corrected chi connectivity index (χ2v) is 12.7. The van der Waals surface area contributed by atoms with Crippen LogP contribution in [-0.4, -0.2) is 65.7 Å². The molecule has 2 amide bonds. The number of hydrogen-bond donors (Lipinski definition) is 1. The molecule has 1 aromatic carbocycles. The number of alkyl carbamates (subject to hydrolysis) is 1. The van der Waals surface area contributed by atoms with E-state index in [1.54, 1.807) is 11.0 Å². The van der Waals surface area contributed by atoms with Gasteiger partial charge in [-0.3, -0.25) is 4.79 Å². The Hall–Kier alpha value is -2.45. The molecule has 0 unspecified atom stereocenters. The Balaban J connectivity index is 1.40. The summed E-state index contributed by atoms with van der Waals surface area (Å²) >= 11 is 1.41. The Morgan fingerprint density at radius 1 is 1.11 bits per heavy atom. The molecule has 37 heavy (non-hydrogen) atoms. The first kappa shape index (κ1) is 27.6. The van der Waals surface area contributed by atoms with Crippen molar-refractivity contribution in [3.8, 4) is 10.4 Å². The monoisotopic (exact) mass is 529 g/mol. The number of likely N-dealkylation sites (tertiary alicyclic amines) is 2. The first-order chi connectivity index (χ1) is 17.4. The molecule has 2 fully saturated rings. The molecular weight excluding hydrogens is 489 g/mol. The highest BCUT2D eigenvalue weighted by atomic mass is 32.1. The standard InChI is InChI=1S/C29H40FN3O3S/c1-18(2)32-12-9-20(10-13-32)23-8-7-21(16-24(23)30)25-15-19(3)26(37-25)27(34)33-14-11-22(17-33)31-28(35)36-29(4,5)6/h7-8,15-16,18,20,22H,9-14,17H2,1-6H3,(H,31,35)/t22-/m0/s1. The van der Waals surface area contributed by atoms with Gasteiger partial charge in [-0.05, 0) is 109 Å². The highest BCUT2D eigenvalue weighted by molar-refractivity contribution is 7.17. The third kappa shape index (κ3) is 6.71. The number of ether oxygens (including phenoxy) is 1. The summed E-state index contributed by atoms with van der Waals surface area (Å²) in [5.41, 5.74) is 1.93. The summed E-state index contributed by atoms with van der Waals surface area (Å²) in [5.74, 6) is 0.0509. The molecule has 0 aliphatic carbocycles. The van der Waals surface area contributed by atoms with Gasteiger partial charge in [0.05, 0.1) is 10.9 Å². The molecule has 1 atom stereocenters. The fourth-order valence-electron chi connectivity index (χ4n) is 5.26. The van der Waals surface area contributed by atoms with E-state index >= 15 is 4.39 Å². The minimum atomic E-state index is -0.564. The Kier molecular flexibility index (Phi) is 8.29. The van der Waals surface area contributed by atoms with Gasteiger partial charge in [-0.1, -0.05) is 12.1 Å². The van der Waals surface area contributed by atoms with Crippen molar-refractivity contribution in [1.29, 1.82) is 0 Å². The molecule has 3 heterocycles. The molecule has 0 spiro atoms. The van der Waals surface area contributed by atoms with E-state index < -0.39 is 11.7 Å². The predicted molar refractivity (Wildman–Crippen MR) is 147 cm³/mol. The lowest BCUT2D eigenvalue weighted by Gasteiger charge is -2.34. The van der Waals surface area contributed by atoms with Gasteiger partial charge in [0.15, 0.2) is 0 Å². The lowest BCUT2D eigenvalue weighted by molar-refractivity contribution is 0.0502. The SMILES string of the molecule is Cc1cc(-c2ccc(C3CCN(C(C)C)CC3)c(F)c2)sc1C(=O)N1CC[C@H](NC(=O)OC(C)(C)C)C1. The third-order valence-corrected chi connectivity index (χ3v) is 8.57. The number of amides is 2. The van der Waals surface area contributed by atoms with Crippen LogP contribution in [0.15, 0.2) is 24.3 Å². The number of carbonyl (C=O) groups is 2. The van der Waals surface area contributed by atoms with Crippen LogP contribution in [0, 0.1) is 12.7 Å². The number of piperidine rings is 1. The van der Waals surface area contributed by atoms with Gasteiger partial charge in [-0.15, -0.1) is 11.3 Å². The molecule has 0 saturated carbocycles. The molecule has 6 nitrogen and oxygen atoms in total. The zero-order valence-electron chi connectivity index (χ0n) is 22.9. The van der Waals surface area contributed by atoms with Crippen LogP contribution in [0.25, 0.3) is 10.4 Å². The van der Waals surface area contributed by atoms with Crippen LogP contribution in [0.5, 0.6) is 0 Å². The van der Waals surface area contributed by atoms with E-state index in [-0.39, 0.29) is 23.7 Å². The Morgan fingerprint density at radius 3 is 2.43 bits per heavy atom. The highest BCUT2D eigenvalue weighted by Crippen LogP contribution is 2.36. The summed E-state index contributed by atoms with van der Waals surface area (Å²) in [6.45, 7) is 14.8. The van der Waals surface area contributed by atoms with Gasteiger partial charge in [0, 0.05) is 24.0 Å². The third-order valence-electron chi connectivity index (χ3n) is 7.29. The lowest BCUT2D eigenvalue weighted by Crippen LogP contribution is -2.41. The molecule has 4 rings (SSSR count). The number of benzene rings is 1. The van der Waals surface area contributed by atoms with E-state index in [1.165, 1.54) is 11.3 Å². The van der Waals surface area contributed by atoms with E-state index in [1.807, 2.05) is 45.9 Å². The largest absolute Gasteiger partial charge is 0.444 e. The quantitative estimate of drug-likeness (QED) is 0.502. The number of rotatable bonds is 5. The Bertz CT molecular complexity index is 1130. The zero-order chi connectivity index (χ0) is 26.9. The topological polar surface area (TPSA) is 61.9 Å². The molecular formula is C29H40FN3O3S. The zero-order valence-corrected chi connectivity index (χ0v) is 23.7. The number of aryl methyl sites for hydroxylation is 1. The van der Waals surface area contributed by atoms with Crippen LogP contribution in [0.4, 0.5) is 9.18 Å². The summed E-state index contributed by atoms with van der Waals surface area (Å²) in [6.07, 6.45) is 2.18. The van der Waals surface area contributed by atoms with Crippen molar-refractivity contribution in [3.63, 3.8) is 0 Å². The molecule has 8 heteroatoms. The Labute approximate surface area is 224 Å². The summed E-state index contributed by atoms with van der Waals surface area (Å²) < 4.78 is 20.5. The number of nitrogens with zero attached hydrogens (tertiary/aromatic N) is 2. The van der Waals surface area contributed by atoms with E-state index in [0.717, 1.165) is 47.5 Å². The normalized spacial score (nSPS) is 19.5. The summed E-state index contributed by atoms with van der Waals surface area (Å²) in [5, 5.41) is 2.87. The van der Waals surface area contributed by atoms with Crippen molar-refractivity contribution < 1.29 is 18.7 Å². The molecule has 1 N–H and O–H groups in total. The van der Waals surface area contributed by atoms with Gasteiger partial charge in [0.2, 0.25) is 0 Å². The van der Waals surface area contributed by atoms with Gasteiger partial charge in [0.1, 0.15) is 11.4 Å². The number of carbonyl (C=O) groups excluding carboxylic acids is 2. The first-order valence-corrected chi connectivity index (χ1v) is 14.2.